The molecule has 0 radical (unpaired) electrons. The number of ether oxygens (including phenoxy) is 2. The lowest BCUT2D eigenvalue weighted by atomic mass is 9.83. The first-order valence-electron chi connectivity index (χ1n) is 6.39. The average Bonchev–Trinajstić information content (AvgIpc) is 2.30. The summed E-state index contributed by atoms with van der Waals surface area (Å²) in [6.45, 7) is 4.16. The molecule has 2 aliphatic rings. The van der Waals surface area contributed by atoms with Crippen LogP contribution in [-0.2, 0) is 9.47 Å². The first kappa shape index (κ1) is 12.6. The second-order valence-electron chi connectivity index (χ2n) is 4.86. The maximum atomic E-state index is 11.5. The third kappa shape index (κ3) is 2.90. The van der Waals surface area contributed by atoms with Crippen LogP contribution in [0.15, 0.2) is 0 Å². The summed E-state index contributed by atoms with van der Waals surface area (Å²) in [5, 5.41) is 9.70. The van der Waals surface area contributed by atoms with Crippen LogP contribution in [-0.4, -0.2) is 54.1 Å². The van der Waals surface area contributed by atoms with Gasteiger partial charge in [0.1, 0.15) is 0 Å². The van der Waals surface area contributed by atoms with E-state index in [-0.39, 0.29) is 17.8 Å². The second-order valence-corrected chi connectivity index (χ2v) is 4.86. The highest BCUT2D eigenvalue weighted by molar-refractivity contribution is 5.67. The lowest BCUT2D eigenvalue weighted by molar-refractivity contribution is -0.140. The Bertz CT molecular complexity index is 274. The molecule has 1 amide bonds. The number of carbonyl (C=O) groups is 1. The SMILES string of the molecule is CCOC(=O)N1CCC2(CC1)C[C@H](O)CCO2. The van der Waals surface area contributed by atoms with E-state index in [9.17, 15) is 9.90 Å². The van der Waals surface area contributed by atoms with E-state index in [4.69, 9.17) is 9.47 Å². The standard InChI is InChI=1S/C12H21NO4/c1-2-16-11(15)13-6-4-12(5-7-13)9-10(14)3-8-17-12/h10,14H,2-9H2,1H3/t10-/m1/s1. The summed E-state index contributed by atoms with van der Waals surface area (Å²) >= 11 is 0. The van der Waals surface area contributed by atoms with Gasteiger partial charge in [0.25, 0.3) is 0 Å². The van der Waals surface area contributed by atoms with Crippen molar-refractivity contribution < 1.29 is 19.4 Å². The third-order valence-corrected chi connectivity index (χ3v) is 3.67. The number of hydrogen-bond donors (Lipinski definition) is 1. The highest BCUT2D eigenvalue weighted by Gasteiger charge is 2.40. The van der Waals surface area contributed by atoms with Crippen molar-refractivity contribution in [2.24, 2.45) is 0 Å². The molecule has 5 heteroatoms. The van der Waals surface area contributed by atoms with Crippen LogP contribution < -0.4 is 0 Å². The van der Waals surface area contributed by atoms with E-state index in [1.807, 2.05) is 6.92 Å². The van der Waals surface area contributed by atoms with Crippen molar-refractivity contribution in [3.05, 3.63) is 0 Å². The molecule has 2 heterocycles. The van der Waals surface area contributed by atoms with Gasteiger partial charge in [0.2, 0.25) is 0 Å². The van der Waals surface area contributed by atoms with Crippen molar-refractivity contribution in [3.8, 4) is 0 Å². The number of aliphatic hydroxyl groups is 1. The molecule has 0 unspecified atom stereocenters. The van der Waals surface area contributed by atoms with Gasteiger partial charge in [-0.25, -0.2) is 4.79 Å². The predicted molar refractivity (Wildman–Crippen MR) is 61.8 cm³/mol. The van der Waals surface area contributed by atoms with Crippen molar-refractivity contribution in [1.29, 1.82) is 0 Å². The number of amides is 1. The van der Waals surface area contributed by atoms with Gasteiger partial charge in [-0.1, -0.05) is 0 Å². The number of aliphatic hydroxyl groups excluding tert-OH is 1. The molecule has 2 saturated heterocycles. The second kappa shape index (κ2) is 5.23. The van der Waals surface area contributed by atoms with Crippen LogP contribution in [0.2, 0.25) is 0 Å². The van der Waals surface area contributed by atoms with Crippen molar-refractivity contribution >= 4 is 6.09 Å². The molecule has 0 aromatic rings. The van der Waals surface area contributed by atoms with E-state index < -0.39 is 0 Å². The number of piperidine rings is 1. The van der Waals surface area contributed by atoms with E-state index in [0.717, 1.165) is 19.3 Å². The van der Waals surface area contributed by atoms with Crippen LogP contribution in [0.5, 0.6) is 0 Å². The normalized spacial score (nSPS) is 28.1. The quantitative estimate of drug-likeness (QED) is 0.750. The predicted octanol–water partition coefficient (Wildman–Crippen LogP) is 1.15. The van der Waals surface area contributed by atoms with Crippen LogP contribution in [0, 0.1) is 0 Å². The van der Waals surface area contributed by atoms with E-state index in [2.05, 4.69) is 0 Å². The topological polar surface area (TPSA) is 59.0 Å². The molecule has 98 valence electrons. The Morgan fingerprint density at radius 1 is 1.53 bits per heavy atom. The molecule has 0 bridgehead atoms. The van der Waals surface area contributed by atoms with E-state index >= 15 is 0 Å². The summed E-state index contributed by atoms with van der Waals surface area (Å²) in [5.74, 6) is 0. The minimum absolute atomic E-state index is 0.208. The van der Waals surface area contributed by atoms with Gasteiger partial charge in [0.05, 0.1) is 18.3 Å². The molecule has 0 saturated carbocycles. The van der Waals surface area contributed by atoms with E-state index in [0.29, 0.717) is 32.7 Å². The zero-order valence-corrected chi connectivity index (χ0v) is 10.4. The van der Waals surface area contributed by atoms with E-state index in [1.165, 1.54) is 0 Å². The van der Waals surface area contributed by atoms with Crippen molar-refractivity contribution in [3.63, 3.8) is 0 Å². The van der Waals surface area contributed by atoms with Crippen LogP contribution in [0.3, 0.4) is 0 Å². The number of nitrogens with zero attached hydrogens (tertiary/aromatic N) is 1. The van der Waals surface area contributed by atoms with Crippen molar-refractivity contribution in [1.82, 2.24) is 4.90 Å². The van der Waals surface area contributed by atoms with Gasteiger partial charge in [-0.2, -0.15) is 0 Å². The molecule has 0 aromatic heterocycles. The summed E-state index contributed by atoms with van der Waals surface area (Å²) < 4.78 is 10.8. The molecule has 5 nitrogen and oxygen atoms in total. The number of rotatable bonds is 1. The fraction of sp³-hybridized carbons (Fsp3) is 0.917. The molecular weight excluding hydrogens is 222 g/mol. The molecule has 0 aromatic carbocycles. The van der Waals surface area contributed by atoms with Gasteiger partial charge in [-0.05, 0) is 26.2 Å². The minimum Gasteiger partial charge on any atom is -0.450 e. The Morgan fingerprint density at radius 3 is 2.82 bits per heavy atom. The summed E-state index contributed by atoms with van der Waals surface area (Å²) in [5.41, 5.74) is -0.208. The lowest BCUT2D eigenvalue weighted by Crippen LogP contribution is -2.51. The fourth-order valence-corrected chi connectivity index (χ4v) is 2.66. The van der Waals surface area contributed by atoms with Gasteiger partial charge < -0.3 is 19.5 Å². The number of hydrogen-bond acceptors (Lipinski definition) is 4. The largest absolute Gasteiger partial charge is 0.450 e. The highest BCUT2D eigenvalue weighted by Crippen LogP contribution is 2.35. The number of carbonyl (C=O) groups excluding carboxylic acids is 1. The molecule has 2 fully saturated rings. The third-order valence-electron chi connectivity index (χ3n) is 3.67. The fourth-order valence-electron chi connectivity index (χ4n) is 2.66. The van der Waals surface area contributed by atoms with Gasteiger partial charge in [-0.15, -0.1) is 0 Å². The molecule has 0 aliphatic carbocycles. The molecule has 1 N–H and O–H groups in total. The van der Waals surface area contributed by atoms with Crippen LogP contribution in [0.25, 0.3) is 0 Å². The van der Waals surface area contributed by atoms with Crippen molar-refractivity contribution in [2.45, 2.75) is 44.3 Å². The molecule has 17 heavy (non-hydrogen) atoms. The maximum absolute atomic E-state index is 11.5. The van der Waals surface area contributed by atoms with Crippen LogP contribution >= 0.6 is 0 Å². The Kier molecular flexibility index (Phi) is 3.89. The average molecular weight is 243 g/mol. The highest BCUT2D eigenvalue weighted by atomic mass is 16.6. The van der Waals surface area contributed by atoms with Crippen LogP contribution in [0.4, 0.5) is 4.79 Å². The summed E-state index contributed by atoms with van der Waals surface area (Å²) in [6, 6.07) is 0. The minimum atomic E-state index is -0.252. The van der Waals surface area contributed by atoms with Gasteiger partial charge in [0, 0.05) is 26.1 Å². The monoisotopic (exact) mass is 243 g/mol. The molecule has 1 spiro atoms. The maximum Gasteiger partial charge on any atom is 0.409 e. The zero-order valence-electron chi connectivity index (χ0n) is 10.4. The summed E-state index contributed by atoms with van der Waals surface area (Å²) in [7, 11) is 0. The Labute approximate surface area is 102 Å². The zero-order chi connectivity index (χ0) is 12.3. The summed E-state index contributed by atoms with van der Waals surface area (Å²) in [6.07, 6.45) is 2.52. The molecule has 1 atom stereocenters. The first-order chi connectivity index (χ1) is 8.15. The van der Waals surface area contributed by atoms with Gasteiger partial charge in [-0.3, -0.25) is 0 Å². The smallest absolute Gasteiger partial charge is 0.409 e. The Hall–Kier alpha value is -0.810. The van der Waals surface area contributed by atoms with E-state index in [1.54, 1.807) is 4.90 Å². The molecule has 2 aliphatic heterocycles. The van der Waals surface area contributed by atoms with Crippen molar-refractivity contribution in [2.75, 3.05) is 26.3 Å². The molecule has 2 rings (SSSR count). The lowest BCUT2D eigenvalue weighted by Gasteiger charge is -2.44. The summed E-state index contributed by atoms with van der Waals surface area (Å²) in [4.78, 5) is 13.3. The number of likely N-dealkylation sites (tertiary alicyclic amines) is 1. The van der Waals surface area contributed by atoms with Crippen LogP contribution in [0.1, 0.15) is 32.6 Å². The first-order valence-corrected chi connectivity index (χ1v) is 6.39. The van der Waals surface area contributed by atoms with Gasteiger partial charge >= 0.3 is 6.09 Å². The van der Waals surface area contributed by atoms with Gasteiger partial charge in [0.15, 0.2) is 0 Å². The molecular formula is C12H21NO4. The Balaban J connectivity index is 1.86. The Morgan fingerprint density at radius 2 is 2.24 bits per heavy atom.